The molecule has 2 saturated carbocycles. The second kappa shape index (κ2) is 11.9. The van der Waals surface area contributed by atoms with Crippen LogP contribution in [0, 0.1) is 11.8 Å². The first-order valence-corrected chi connectivity index (χ1v) is 16.5. The highest BCUT2D eigenvalue weighted by Crippen LogP contribution is 2.62. The van der Waals surface area contributed by atoms with Crippen molar-refractivity contribution in [1.82, 2.24) is 0 Å². The number of hydrogen-bond acceptors (Lipinski definition) is 7. The highest BCUT2D eigenvalue weighted by atomic mass is 32.1. The molecule has 0 aliphatic heterocycles. The van der Waals surface area contributed by atoms with Crippen LogP contribution in [0.25, 0.3) is 0 Å². The van der Waals surface area contributed by atoms with Crippen LogP contribution in [-0.2, 0) is 28.8 Å². The van der Waals surface area contributed by atoms with E-state index in [1.807, 2.05) is 17.9 Å². The Morgan fingerprint density at radius 3 is 2.19 bits per heavy atom. The number of nitrogens with zero attached hydrogens (tertiary/aromatic N) is 1. The van der Waals surface area contributed by atoms with Gasteiger partial charge in [0.2, 0.25) is 13.3 Å². The molecule has 2 aliphatic carbocycles. The van der Waals surface area contributed by atoms with Crippen LogP contribution >= 0.6 is 18.7 Å². The van der Waals surface area contributed by atoms with E-state index in [1.165, 1.54) is 18.4 Å². The Balaban J connectivity index is 2.02. The van der Waals surface area contributed by atoms with Crippen LogP contribution in [0.5, 0.6) is 0 Å². The van der Waals surface area contributed by atoms with Crippen molar-refractivity contribution in [3.63, 3.8) is 0 Å². The lowest BCUT2D eigenvalue weighted by Crippen LogP contribution is -2.49. The average molecular weight is 556 g/mol. The van der Waals surface area contributed by atoms with Gasteiger partial charge in [0.25, 0.3) is 0 Å². The van der Waals surface area contributed by atoms with E-state index in [9.17, 15) is 14.2 Å². The van der Waals surface area contributed by atoms with Crippen molar-refractivity contribution in [3.8, 4) is 0 Å². The molecule has 7 nitrogen and oxygen atoms in total. The Hall–Kier alpha value is -1.21. The summed E-state index contributed by atoms with van der Waals surface area (Å²) in [6.07, 6.45) is 6.09. The van der Waals surface area contributed by atoms with Crippen LogP contribution in [0.15, 0.2) is 6.07 Å². The molecule has 0 aromatic carbocycles. The molecule has 210 valence electrons. The maximum absolute atomic E-state index is 14.2. The minimum Gasteiger partial charge on any atom is -0.465 e. The topological polar surface area (TPSA) is 82.1 Å². The van der Waals surface area contributed by atoms with Crippen molar-refractivity contribution in [1.29, 1.82) is 0 Å². The van der Waals surface area contributed by atoms with Gasteiger partial charge < -0.3 is 18.9 Å². The van der Waals surface area contributed by atoms with Crippen molar-refractivity contribution < 1.29 is 28.2 Å². The Morgan fingerprint density at radius 2 is 1.70 bits per heavy atom. The van der Waals surface area contributed by atoms with Crippen molar-refractivity contribution in [2.45, 2.75) is 103 Å². The van der Waals surface area contributed by atoms with Gasteiger partial charge >= 0.3 is 5.97 Å². The number of thiophene rings is 1. The Kier molecular flexibility index (Phi) is 9.75. The third kappa shape index (κ3) is 6.34. The minimum atomic E-state index is -3.03. The summed E-state index contributed by atoms with van der Waals surface area (Å²) in [6.45, 7) is 12.4. The Morgan fingerprint density at radius 1 is 1.11 bits per heavy atom. The van der Waals surface area contributed by atoms with Crippen LogP contribution in [-0.4, -0.2) is 50.8 Å². The van der Waals surface area contributed by atoms with Crippen molar-refractivity contribution in [3.05, 3.63) is 15.8 Å². The van der Waals surface area contributed by atoms with Gasteiger partial charge in [-0.05, 0) is 75.7 Å². The van der Waals surface area contributed by atoms with Crippen LogP contribution in [0.3, 0.4) is 0 Å². The molecule has 1 aromatic rings. The van der Waals surface area contributed by atoms with E-state index >= 15 is 0 Å². The average Bonchev–Trinajstić information content (AvgIpc) is 3.30. The van der Waals surface area contributed by atoms with Crippen molar-refractivity contribution in [2.75, 3.05) is 32.4 Å². The highest BCUT2D eigenvalue weighted by molar-refractivity contribution is 7.59. The van der Waals surface area contributed by atoms with Crippen LogP contribution in [0.1, 0.15) is 101 Å². The van der Waals surface area contributed by atoms with E-state index in [2.05, 4.69) is 27.7 Å². The first-order valence-electron chi connectivity index (χ1n) is 13.6. The molecule has 3 rings (SSSR count). The quantitative estimate of drug-likeness (QED) is 0.249. The monoisotopic (exact) mass is 555 g/mol. The molecule has 37 heavy (non-hydrogen) atoms. The standard InChI is InChI=1S/C28H46NO6PS/c1-9-35-36(8,32)28(34-7)16-14-21(15-17-28)29(25(30)20-12-10-19(2)11-13-20)22-18-23(27(3,4)5)37-24(22)26(31)33-6/h18-21H,9-17H2,1-8H3/t19-,20-,21?,28?,36?. The minimum absolute atomic E-state index is 0.0607. The molecule has 0 radical (unpaired) electrons. The lowest BCUT2D eigenvalue weighted by Gasteiger charge is -2.45. The summed E-state index contributed by atoms with van der Waals surface area (Å²) >= 11 is 1.41. The maximum Gasteiger partial charge on any atom is 0.350 e. The molecule has 0 spiro atoms. The van der Waals surface area contributed by atoms with Crippen LogP contribution in [0.4, 0.5) is 5.69 Å². The third-order valence-corrected chi connectivity index (χ3v) is 12.7. The Bertz CT molecular complexity index is 999. The van der Waals surface area contributed by atoms with E-state index in [0.29, 0.717) is 48.8 Å². The van der Waals surface area contributed by atoms with Gasteiger partial charge in [-0.2, -0.15) is 0 Å². The SMILES string of the molecule is CCOP(C)(=O)C1(OC)CCC(N(c2cc(C(C)(C)C)sc2C(=O)OC)C(=O)[C@H]2CC[C@H](C)CC2)CC1. The normalized spacial score (nSPS) is 28.4. The van der Waals surface area contributed by atoms with Gasteiger partial charge in [0.05, 0.1) is 19.4 Å². The molecule has 2 aliphatic rings. The summed E-state index contributed by atoms with van der Waals surface area (Å²) < 4.78 is 30.2. The molecule has 1 atom stereocenters. The number of carbonyl (C=O) groups is 2. The molecule has 2 fully saturated rings. The van der Waals surface area contributed by atoms with Crippen LogP contribution in [0.2, 0.25) is 0 Å². The fourth-order valence-electron chi connectivity index (χ4n) is 5.82. The molecule has 9 heteroatoms. The number of esters is 1. The number of amides is 1. The number of hydrogen-bond donors (Lipinski definition) is 0. The molecule has 0 saturated heterocycles. The smallest absolute Gasteiger partial charge is 0.350 e. The fraction of sp³-hybridized carbons (Fsp3) is 0.786. The number of anilines is 1. The van der Waals surface area contributed by atoms with Crippen molar-refractivity contribution >= 4 is 36.3 Å². The number of carbonyl (C=O) groups excluding carboxylic acids is 2. The van der Waals surface area contributed by atoms with E-state index in [1.54, 1.807) is 13.8 Å². The summed E-state index contributed by atoms with van der Waals surface area (Å²) in [5.41, 5.74) is 0.481. The van der Waals surface area contributed by atoms with Gasteiger partial charge in [-0.3, -0.25) is 9.36 Å². The summed E-state index contributed by atoms with van der Waals surface area (Å²) in [6, 6.07) is 1.89. The first-order chi connectivity index (χ1) is 17.3. The van der Waals surface area contributed by atoms with Gasteiger partial charge in [-0.25, -0.2) is 4.79 Å². The molecule has 1 heterocycles. The summed E-state index contributed by atoms with van der Waals surface area (Å²) in [5.74, 6) is 0.247. The summed E-state index contributed by atoms with van der Waals surface area (Å²) in [5, 5.41) is -0.856. The zero-order valence-electron chi connectivity index (χ0n) is 23.9. The van der Waals surface area contributed by atoms with Gasteiger partial charge in [-0.1, -0.05) is 27.7 Å². The predicted molar refractivity (Wildman–Crippen MR) is 150 cm³/mol. The Labute approximate surface area is 227 Å². The molecule has 1 amide bonds. The number of methoxy groups -OCH3 is 2. The fourth-order valence-corrected chi connectivity index (χ4v) is 9.08. The highest BCUT2D eigenvalue weighted by Gasteiger charge is 2.50. The van der Waals surface area contributed by atoms with E-state index < -0.39 is 18.7 Å². The van der Waals surface area contributed by atoms with Gasteiger partial charge in [0, 0.05) is 30.6 Å². The van der Waals surface area contributed by atoms with Gasteiger partial charge in [0.1, 0.15) is 10.2 Å². The van der Waals surface area contributed by atoms with E-state index in [-0.39, 0.29) is 23.3 Å². The predicted octanol–water partition coefficient (Wildman–Crippen LogP) is 7.22. The molecule has 0 bridgehead atoms. The molecule has 1 aromatic heterocycles. The van der Waals surface area contributed by atoms with Gasteiger partial charge in [0.15, 0.2) is 0 Å². The molecule has 0 N–H and O–H groups in total. The zero-order chi connectivity index (χ0) is 27.6. The zero-order valence-corrected chi connectivity index (χ0v) is 25.6. The summed E-state index contributed by atoms with van der Waals surface area (Å²) in [4.78, 5) is 30.6. The second-order valence-corrected chi connectivity index (χ2v) is 15.7. The van der Waals surface area contributed by atoms with E-state index in [4.69, 9.17) is 14.0 Å². The summed E-state index contributed by atoms with van der Waals surface area (Å²) in [7, 11) is -0.0415. The third-order valence-electron chi connectivity index (χ3n) is 8.28. The lowest BCUT2D eigenvalue weighted by molar-refractivity contribution is -0.124. The lowest BCUT2D eigenvalue weighted by atomic mass is 9.81. The number of rotatable bonds is 8. The first kappa shape index (κ1) is 30.3. The molecular weight excluding hydrogens is 509 g/mol. The molecular formula is C28H46NO6PS. The largest absolute Gasteiger partial charge is 0.465 e. The maximum atomic E-state index is 14.2. The van der Waals surface area contributed by atoms with Crippen molar-refractivity contribution in [2.24, 2.45) is 11.8 Å². The van der Waals surface area contributed by atoms with Gasteiger partial charge in [-0.15, -0.1) is 11.3 Å². The van der Waals surface area contributed by atoms with E-state index in [0.717, 1.165) is 30.6 Å². The second-order valence-electron chi connectivity index (χ2n) is 11.9. The molecule has 1 unspecified atom stereocenters. The number of ether oxygens (including phenoxy) is 2. The van der Waals surface area contributed by atoms with Crippen LogP contribution < -0.4 is 4.90 Å².